The number of rotatable bonds is 11. The molecular formula is C34H46BN3O5. The van der Waals surface area contributed by atoms with E-state index in [1.54, 1.807) is 4.90 Å². The molecule has 0 spiro atoms. The predicted octanol–water partition coefficient (Wildman–Crippen LogP) is 4.49. The van der Waals surface area contributed by atoms with Gasteiger partial charge in [0.1, 0.15) is 6.04 Å². The Bertz CT molecular complexity index is 1260. The Balaban J connectivity index is 1.19. The highest BCUT2D eigenvalue weighted by Crippen LogP contribution is 2.65. The van der Waals surface area contributed by atoms with E-state index in [1.165, 1.54) is 12.0 Å². The summed E-state index contributed by atoms with van der Waals surface area (Å²) in [5, 5.41) is 6.64. The second kappa shape index (κ2) is 12.6. The van der Waals surface area contributed by atoms with Crippen LogP contribution in [0.4, 0.5) is 5.69 Å². The molecule has 2 aromatic carbocycles. The Hall–Kier alpha value is -2.88. The highest BCUT2D eigenvalue weighted by molar-refractivity contribution is 6.48. The molecule has 5 fully saturated rings. The molecule has 2 amide bonds. The van der Waals surface area contributed by atoms with E-state index in [0.29, 0.717) is 44.6 Å². The van der Waals surface area contributed by atoms with Gasteiger partial charge in [0.2, 0.25) is 11.8 Å². The number of hydrogen-bond donors (Lipinski definition) is 2. The maximum Gasteiger partial charge on any atom is 0.481 e. The van der Waals surface area contributed by atoms with Gasteiger partial charge >= 0.3 is 7.12 Å². The normalized spacial score (nSPS) is 28.8. The van der Waals surface area contributed by atoms with Crippen LogP contribution in [0.3, 0.4) is 0 Å². The first-order valence-corrected chi connectivity index (χ1v) is 16.1. The van der Waals surface area contributed by atoms with Gasteiger partial charge in [-0.25, -0.2) is 0 Å². The third-order valence-corrected chi connectivity index (χ3v) is 10.6. The van der Waals surface area contributed by atoms with Crippen molar-refractivity contribution in [1.29, 1.82) is 0 Å². The number of benzene rings is 2. The molecule has 8 nitrogen and oxygen atoms in total. The monoisotopic (exact) mass is 587 g/mol. The van der Waals surface area contributed by atoms with E-state index in [2.05, 4.69) is 55.7 Å². The molecule has 2 aromatic rings. The predicted molar refractivity (Wildman–Crippen MR) is 167 cm³/mol. The largest absolute Gasteiger partial charge is 0.481 e. The van der Waals surface area contributed by atoms with Gasteiger partial charge in [0, 0.05) is 18.8 Å². The number of nitrogens with one attached hydrogen (secondary N) is 2. The summed E-state index contributed by atoms with van der Waals surface area (Å²) in [6, 6.07) is 19.3. The zero-order valence-electron chi connectivity index (χ0n) is 25.8. The Morgan fingerprint density at radius 2 is 1.70 bits per heavy atom. The number of ether oxygens (including phenoxy) is 1. The molecule has 2 bridgehead atoms. The van der Waals surface area contributed by atoms with Gasteiger partial charge in [0.15, 0.2) is 0 Å². The molecule has 3 saturated carbocycles. The molecule has 5 aliphatic rings. The fourth-order valence-electron chi connectivity index (χ4n) is 7.86. The number of aryl methyl sites for hydroxylation is 1. The highest BCUT2D eigenvalue weighted by Gasteiger charge is 2.68. The van der Waals surface area contributed by atoms with Crippen molar-refractivity contribution in [1.82, 2.24) is 10.2 Å². The summed E-state index contributed by atoms with van der Waals surface area (Å²) >= 11 is 0. The molecule has 43 heavy (non-hydrogen) atoms. The summed E-state index contributed by atoms with van der Waals surface area (Å²) in [6.45, 7) is 9.05. The van der Waals surface area contributed by atoms with Crippen LogP contribution in [0.25, 0.3) is 0 Å². The van der Waals surface area contributed by atoms with Gasteiger partial charge in [-0.05, 0) is 74.0 Å². The SMILES string of the molecule is CC1(C)[C@@H]2C[C@H]3OB(C(CCCc4ccccc4)NC(=O)C(CC(=O)N4CCOCC4)Nc4ccccc4)O[C@@]3(C)[C@H]1C2. The van der Waals surface area contributed by atoms with Crippen LogP contribution >= 0.6 is 0 Å². The van der Waals surface area contributed by atoms with Crippen LogP contribution < -0.4 is 10.6 Å². The lowest BCUT2D eigenvalue weighted by molar-refractivity contribution is -0.199. The quantitative estimate of drug-likeness (QED) is 0.377. The summed E-state index contributed by atoms with van der Waals surface area (Å²) in [5.74, 6) is 0.480. The standard InChI is InChI=1S/C34H46BN3O5/c1-33(2)25-21-28(33)34(3)29(22-25)42-35(43-34)30(16-10-13-24-11-6-4-7-12-24)37-32(40)27(36-26-14-8-5-9-15-26)23-31(39)38-17-19-41-20-18-38/h4-9,11-12,14-15,25,27-30,36H,10,13,16-23H2,1-3H3,(H,37,40)/t25-,27?,28-,29+,30?,34-/m0/s1. The summed E-state index contributed by atoms with van der Waals surface area (Å²) in [5.41, 5.74) is 1.94. The van der Waals surface area contributed by atoms with Gasteiger partial charge < -0.3 is 29.6 Å². The number of para-hydroxylation sites is 1. The Kier molecular flexibility index (Phi) is 8.85. The third-order valence-electron chi connectivity index (χ3n) is 10.6. The number of nitrogens with zero attached hydrogens (tertiary/aromatic N) is 1. The molecule has 0 radical (unpaired) electrons. The number of carbonyl (C=O) groups is 2. The van der Waals surface area contributed by atoms with Crippen LogP contribution in [-0.2, 0) is 30.1 Å². The molecule has 2 aliphatic heterocycles. The van der Waals surface area contributed by atoms with Gasteiger partial charge in [-0.15, -0.1) is 0 Å². The molecule has 2 heterocycles. The number of hydrogen-bond acceptors (Lipinski definition) is 6. The zero-order chi connectivity index (χ0) is 30.0. The lowest BCUT2D eigenvalue weighted by atomic mass is 9.43. The molecule has 3 aliphatic carbocycles. The van der Waals surface area contributed by atoms with Crippen molar-refractivity contribution in [2.75, 3.05) is 31.6 Å². The average molecular weight is 588 g/mol. The van der Waals surface area contributed by atoms with Crippen LogP contribution in [0.15, 0.2) is 60.7 Å². The van der Waals surface area contributed by atoms with Crippen molar-refractivity contribution >= 4 is 24.6 Å². The second-order valence-corrected chi connectivity index (χ2v) is 13.6. The van der Waals surface area contributed by atoms with E-state index in [-0.39, 0.29) is 41.3 Å². The minimum Gasteiger partial charge on any atom is -0.404 e. The Morgan fingerprint density at radius 1 is 1.00 bits per heavy atom. The minimum absolute atomic E-state index is 0.0314. The fraction of sp³-hybridized carbons (Fsp3) is 0.588. The smallest absolute Gasteiger partial charge is 0.404 e. The first-order chi connectivity index (χ1) is 20.7. The van der Waals surface area contributed by atoms with Crippen molar-refractivity contribution in [2.24, 2.45) is 17.3 Å². The van der Waals surface area contributed by atoms with Crippen molar-refractivity contribution in [2.45, 2.75) is 83.0 Å². The average Bonchev–Trinajstić information content (AvgIpc) is 3.39. The number of amides is 2. The molecule has 0 aromatic heterocycles. The molecule has 2 unspecified atom stereocenters. The fourth-order valence-corrected chi connectivity index (χ4v) is 7.86. The summed E-state index contributed by atoms with van der Waals surface area (Å²) < 4.78 is 18.9. The maximum absolute atomic E-state index is 14.1. The summed E-state index contributed by atoms with van der Waals surface area (Å²) in [7, 11) is -0.530. The van der Waals surface area contributed by atoms with Crippen molar-refractivity contribution < 1.29 is 23.6 Å². The first kappa shape index (κ1) is 30.2. The lowest BCUT2D eigenvalue weighted by Crippen LogP contribution is -2.65. The van der Waals surface area contributed by atoms with Crippen molar-refractivity contribution in [3.05, 3.63) is 66.2 Å². The van der Waals surface area contributed by atoms with E-state index in [9.17, 15) is 9.59 Å². The van der Waals surface area contributed by atoms with E-state index in [1.807, 2.05) is 36.4 Å². The van der Waals surface area contributed by atoms with Crippen molar-refractivity contribution in [3.8, 4) is 0 Å². The third kappa shape index (κ3) is 6.35. The molecule has 7 rings (SSSR count). The van der Waals surface area contributed by atoms with Gasteiger partial charge in [0.25, 0.3) is 0 Å². The molecule has 2 N–H and O–H groups in total. The van der Waals surface area contributed by atoms with Crippen molar-refractivity contribution in [3.63, 3.8) is 0 Å². The second-order valence-electron chi connectivity index (χ2n) is 13.6. The molecule has 2 saturated heterocycles. The van der Waals surface area contributed by atoms with E-state index in [4.69, 9.17) is 14.0 Å². The summed E-state index contributed by atoms with van der Waals surface area (Å²) in [6.07, 6.45) is 4.74. The zero-order valence-corrected chi connectivity index (χ0v) is 25.8. The van der Waals surface area contributed by atoms with Crippen LogP contribution in [0.2, 0.25) is 0 Å². The van der Waals surface area contributed by atoms with Crippen LogP contribution in [0.5, 0.6) is 0 Å². The molecule has 230 valence electrons. The highest BCUT2D eigenvalue weighted by atomic mass is 16.7. The topological polar surface area (TPSA) is 89.1 Å². The van der Waals surface area contributed by atoms with Crippen LogP contribution in [0.1, 0.15) is 58.4 Å². The number of anilines is 1. The molecular weight excluding hydrogens is 541 g/mol. The first-order valence-electron chi connectivity index (χ1n) is 16.1. The Morgan fingerprint density at radius 3 is 2.40 bits per heavy atom. The van der Waals surface area contributed by atoms with Crippen LogP contribution in [0, 0.1) is 17.3 Å². The maximum atomic E-state index is 14.1. The lowest BCUT2D eigenvalue weighted by Gasteiger charge is -2.64. The summed E-state index contributed by atoms with van der Waals surface area (Å²) in [4.78, 5) is 29.1. The minimum atomic E-state index is -0.736. The molecule has 6 atom stereocenters. The number of carbonyl (C=O) groups excluding carboxylic acids is 2. The van der Waals surface area contributed by atoms with E-state index < -0.39 is 13.2 Å². The number of morpholine rings is 1. The van der Waals surface area contributed by atoms with Gasteiger partial charge in [0.05, 0.1) is 37.3 Å². The van der Waals surface area contributed by atoms with Crippen LogP contribution in [-0.4, -0.2) is 73.8 Å². The Labute approximate surface area is 256 Å². The van der Waals surface area contributed by atoms with Gasteiger partial charge in [-0.3, -0.25) is 9.59 Å². The van der Waals surface area contributed by atoms with Gasteiger partial charge in [-0.2, -0.15) is 0 Å². The van der Waals surface area contributed by atoms with Gasteiger partial charge in [-0.1, -0.05) is 62.4 Å². The molecule has 9 heteroatoms. The van der Waals surface area contributed by atoms with E-state index >= 15 is 0 Å². The van der Waals surface area contributed by atoms with E-state index in [0.717, 1.165) is 24.9 Å².